The molecular formula is C14H12BrIN2OS. The van der Waals surface area contributed by atoms with E-state index in [1.807, 2.05) is 12.1 Å². The Morgan fingerprint density at radius 3 is 2.95 bits per heavy atom. The molecule has 1 aromatic heterocycles. The average molecular weight is 463 g/mol. The largest absolute Gasteiger partial charge is 0.309 e. The zero-order chi connectivity index (χ0) is 14.1. The Hall–Kier alpha value is -0.340. The molecule has 6 heteroatoms. The zero-order valence-electron chi connectivity index (χ0n) is 10.5. The van der Waals surface area contributed by atoms with Gasteiger partial charge in [-0.15, -0.1) is 11.8 Å². The lowest BCUT2D eigenvalue weighted by Crippen LogP contribution is -2.17. The molecule has 0 spiro atoms. The molecule has 0 radical (unpaired) electrons. The second kappa shape index (κ2) is 6.19. The number of halogens is 2. The Labute approximate surface area is 143 Å². The van der Waals surface area contributed by atoms with Crippen molar-refractivity contribution in [1.29, 1.82) is 0 Å². The molecule has 3 rings (SSSR count). The third-order valence-corrected chi connectivity index (χ3v) is 5.61. The fourth-order valence-corrected chi connectivity index (χ4v) is 4.00. The van der Waals surface area contributed by atoms with Gasteiger partial charge in [0, 0.05) is 15.3 Å². The monoisotopic (exact) mass is 462 g/mol. The molecule has 0 saturated heterocycles. The minimum atomic E-state index is -0.00709. The van der Waals surface area contributed by atoms with Crippen molar-refractivity contribution in [3.05, 3.63) is 54.2 Å². The number of hydrogen-bond acceptors (Lipinski definition) is 3. The normalized spacial score (nSPS) is 14.5. The van der Waals surface area contributed by atoms with Crippen LogP contribution >= 0.6 is 50.3 Å². The SMILES string of the molecule is O=c1[nH]c(CSc2cccc(Br)c2)nc(C2CC2)c1I. The number of rotatable bonds is 4. The summed E-state index contributed by atoms with van der Waals surface area (Å²) in [6.07, 6.45) is 2.31. The van der Waals surface area contributed by atoms with Gasteiger partial charge < -0.3 is 4.98 Å². The molecule has 0 atom stereocenters. The van der Waals surface area contributed by atoms with Crippen molar-refractivity contribution < 1.29 is 0 Å². The summed E-state index contributed by atoms with van der Waals surface area (Å²) >= 11 is 7.24. The molecule has 1 aliphatic rings. The molecule has 1 fully saturated rings. The summed E-state index contributed by atoms with van der Waals surface area (Å²) in [7, 11) is 0. The number of benzene rings is 1. The molecule has 1 aromatic carbocycles. The van der Waals surface area contributed by atoms with Gasteiger partial charge in [-0.3, -0.25) is 4.79 Å². The van der Waals surface area contributed by atoms with E-state index < -0.39 is 0 Å². The molecule has 1 heterocycles. The van der Waals surface area contributed by atoms with Crippen LogP contribution in [0.4, 0.5) is 0 Å². The summed E-state index contributed by atoms with van der Waals surface area (Å²) in [6.45, 7) is 0. The second-order valence-electron chi connectivity index (χ2n) is 4.73. The quantitative estimate of drug-likeness (QED) is 0.544. The summed E-state index contributed by atoms with van der Waals surface area (Å²) < 4.78 is 1.81. The van der Waals surface area contributed by atoms with Gasteiger partial charge in [-0.2, -0.15) is 0 Å². The van der Waals surface area contributed by atoms with Gasteiger partial charge in [-0.25, -0.2) is 4.98 Å². The highest BCUT2D eigenvalue weighted by Crippen LogP contribution is 2.40. The average Bonchev–Trinajstić information content (AvgIpc) is 3.24. The Kier molecular flexibility index (Phi) is 4.52. The summed E-state index contributed by atoms with van der Waals surface area (Å²) in [5.74, 6) is 1.95. The molecule has 0 bridgehead atoms. The fraction of sp³-hybridized carbons (Fsp3) is 0.286. The maximum Gasteiger partial charge on any atom is 0.264 e. The summed E-state index contributed by atoms with van der Waals surface area (Å²) in [5.41, 5.74) is 0.978. The van der Waals surface area contributed by atoms with Gasteiger partial charge in [0.1, 0.15) is 5.82 Å². The van der Waals surface area contributed by atoms with Crippen molar-refractivity contribution in [2.24, 2.45) is 0 Å². The van der Waals surface area contributed by atoms with Crippen LogP contribution < -0.4 is 5.56 Å². The van der Waals surface area contributed by atoms with Crippen LogP contribution in [-0.2, 0) is 5.75 Å². The van der Waals surface area contributed by atoms with E-state index >= 15 is 0 Å². The smallest absolute Gasteiger partial charge is 0.264 e. The number of nitrogens with one attached hydrogen (secondary N) is 1. The molecule has 104 valence electrons. The number of aromatic amines is 1. The lowest BCUT2D eigenvalue weighted by Gasteiger charge is -2.06. The van der Waals surface area contributed by atoms with Gasteiger partial charge in [0.2, 0.25) is 0 Å². The van der Waals surface area contributed by atoms with Crippen LogP contribution in [-0.4, -0.2) is 9.97 Å². The first kappa shape index (κ1) is 14.6. The first-order valence-corrected chi connectivity index (χ1v) is 9.16. The van der Waals surface area contributed by atoms with E-state index in [-0.39, 0.29) is 5.56 Å². The van der Waals surface area contributed by atoms with E-state index in [4.69, 9.17) is 0 Å². The van der Waals surface area contributed by atoms with Gasteiger partial charge in [0.05, 0.1) is 15.0 Å². The number of H-pyrrole nitrogens is 1. The summed E-state index contributed by atoms with van der Waals surface area (Å²) in [6, 6.07) is 8.13. The second-order valence-corrected chi connectivity index (χ2v) is 7.78. The molecule has 1 aliphatic carbocycles. The van der Waals surface area contributed by atoms with Gasteiger partial charge >= 0.3 is 0 Å². The molecule has 0 unspecified atom stereocenters. The van der Waals surface area contributed by atoms with Gasteiger partial charge in [-0.05, 0) is 53.6 Å². The minimum Gasteiger partial charge on any atom is -0.309 e. The molecule has 1 N–H and O–H groups in total. The zero-order valence-corrected chi connectivity index (χ0v) is 15.1. The highest BCUT2D eigenvalue weighted by molar-refractivity contribution is 14.1. The number of hydrogen-bond donors (Lipinski definition) is 1. The van der Waals surface area contributed by atoms with Crippen LogP contribution in [0.3, 0.4) is 0 Å². The van der Waals surface area contributed by atoms with Gasteiger partial charge in [-0.1, -0.05) is 22.0 Å². The maximum atomic E-state index is 11.9. The third-order valence-electron chi connectivity index (χ3n) is 3.07. The van der Waals surface area contributed by atoms with Crippen LogP contribution in [0.2, 0.25) is 0 Å². The first-order chi connectivity index (χ1) is 9.63. The predicted molar refractivity (Wildman–Crippen MR) is 93.3 cm³/mol. The Morgan fingerprint density at radius 2 is 2.25 bits per heavy atom. The van der Waals surface area contributed by atoms with Crippen molar-refractivity contribution >= 4 is 50.3 Å². The van der Waals surface area contributed by atoms with E-state index in [2.05, 4.69) is 60.6 Å². The molecule has 0 amide bonds. The molecule has 20 heavy (non-hydrogen) atoms. The maximum absolute atomic E-state index is 11.9. The molecular weight excluding hydrogens is 451 g/mol. The Balaban J connectivity index is 1.79. The van der Waals surface area contributed by atoms with E-state index in [0.717, 1.165) is 37.3 Å². The minimum absolute atomic E-state index is 0.00709. The van der Waals surface area contributed by atoms with E-state index in [0.29, 0.717) is 11.7 Å². The topological polar surface area (TPSA) is 45.8 Å². The van der Waals surface area contributed by atoms with E-state index in [1.165, 1.54) is 0 Å². The standard InChI is InChI=1S/C14H12BrIN2OS/c15-9-2-1-3-10(6-9)20-7-11-17-13(8-4-5-8)12(16)14(19)18-11/h1-3,6,8H,4-5,7H2,(H,17,18,19). The lowest BCUT2D eigenvalue weighted by atomic mass is 10.3. The van der Waals surface area contributed by atoms with Crippen molar-refractivity contribution in [3.8, 4) is 0 Å². The van der Waals surface area contributed by atoms with Crippen molar-refractivity contribution in [3.63, 3.8) is 0 Å². The molecule has 0 aliphatic heterocycles. The van der Waals surface area contributed by atoms with Gasteiger partial charge in [0.15, 0.2) is 0 Å². The number of thioether (sulfide) groups is 1. The fourth-order valence-electron chi connectivity index (χ4n) is 1.93. The van der Waals surface area contributed by atoms with Crippen LogP contribution in [0, 0.1) is 3.57 Å². The van der Waals surface area contributed by atoms with E-state index in [1.54, 1.807) is 11.8 Å². The lowest BCUT2D eigenvalue weighted by molar-refractivity contribution is 0.897. The summed E-state index contributed by atoms with van der Waals surface area (Å²) in [5, 5.41) is 0. The molecule has 1 saturated carbocycles. The van der Waals surface area contributed by atoms with Crippen molar-refractivity contribution in [2.75, 3.05) is 0 Å². The molecule has 3 nitrogen and oxygen atoms in total. The first-order valence-electron chi connectivity index (χ1n) is 6.30. The molecule has 2 aromatic rings. The Morgan fingerprint density at radius 1 is 1.45 bits per heavy atom. The number of nitrogens with zero attached hydrogens (tertiary/aromatic N) is 1. The summed E-state index contributed by atoms with van der Waals surface area (Å²) in [4.78, 5) is 20.6. The Bertz CT molecular complexity index is 700. The van der Waals surface area contributed by atoms with Crippen LogP contribution in [0.15, 0.2) is 38.4 Å². The predicted octanol–water partition coefficient (Wildman–Crippen LogP) is 4.31. The van der Waals surface area contributed by atoms with Gasteiger partial charge in [0.25, 0.3) is 5.56 Å². The highest BCUT2D eigenvalue weighted by Gasteiger charge is 2.28. The van der Waals surface area contributed by atoms with Crippen molar-refractivity contribution in [2.45, 2.75) is 29.4 Å². The number of aromatic nitrogens is 2. The van der Waals surface area contributed by atoms with Crippen LogP contribution in [0.1, 0.15) is 30.3 Å². The van der Waals surface area contributed by atoms with Crippen LogP contribution in [0.5, 0.6) is 0 Å². The highest BCUT2D eigenvalue weighted by atomic mass is 127. The third kappa shape index (κ3) is 3.46. The van der Waals surface area contributed by atoms with Crippen LogP contribution in [0.25, 0.3) is 0 Å². The van der Waals surface area contributed by atoms with Crippen molar-refractivity contribution in [1.82, 2.24) is 9.97 Å². The van der Waals surface area contributed by atoms with E-state index in [9.17, 15) is 4.79 Å².